The van der Waals surface area contributed by atoms with E-state index < -0.39 is 0 Å². The van der Waals surface area contributed by atoms with Crippen molar-refractivity contribution in [2.45, 2.75) is 0 Å². The molecule has 3 aromatic heterocycles. The van der Waals surface area contributed by atoms with Crippen molar-refractivity contribution in [3.05, 3.63) is 243 Å². The van der Waals surface area contributed by atoms with Gasteiger partial charge < -0.3 is 8.83 Å². The summed E-state index contributed by atoms with van der Waals surface area (Å²) in [5.41, 5.74) is 18.8. The summed E-state index contributed by atoms with van der Waals surface area (Å²) in [6.07, 6.45) is 0. The number of oxazole rings is 2. The Morgan fingerprint density at radius 3 is 0.944 bits per heavy atom. The first-order chi connectivity index (χ1) is 35.6. The minimum Gasteiger partial charge on any atom is -0.436 e. The summed E-state index contributed by atoms with van der Waals surface area (Å²) in [7, 11) is 0. The van der Waals surface area contributed by atoms with Crippen molar-refractivity contribution in [1.82, 2.24) is 19.9 Å². The van der Waals surface area contributed by atoms with Crippen molar-refractivity contribution < 1.29 is 8.83 Å². The number of hydrogen-bond donors (Lipinski definition) is 0. The van der Waals surface area contributed by atoms with Crippen LogP contribution in [0, 0.1) is 0 Å². The van der Waals surface area contributed by atoms with Crippen LogP contribution in [0.1, 0.15) is 0 Å². The van der Waals surface area contributed by atoms with Crippen molar-refractivity contribution in [3.8, 4) is 89.9 Å². The molecule has 0 saturated carbocycles. The summed E-state index contributed by atoms with van der Waals surface area (Å²) in [5, 5.41) is 4.72. The number of benzene rings is 11. The maximum Gasteiger partial charge on any atom is 0.227 e. The number of nitrogens with zero attached hydrogens (tertiary/aromatic N) is 4. The van der Waals surface area contributed by atoms with E-state index in [4.69, 9.17) is 28.8 Å². The second-order valence-electron chi connectivity index (χ2n) is 18.2. The second-order valence-corrected chi connectivity index (χ2v) is 18.2. The standard InChI is InChI=1S/C66H40N4O2/c1-3-11-51-39-53(35-25-41(51)9-1)55-37-38-56(54-36-26-42-10-2-4-12-52(42)40-54)64-63(55)69-61(47-27-17-43(18-28-47)45-21-31-49(32-22-45)65-67-57-13-5-7-15-59(57)71-65)62(70-64)48-29-19-44(20-30-48)46-23-33-50(34-24-46)66-68-58-14-6-8-16-60(58)72-66/h1-40H. The van der Waals surface area contributed by atoms with E-state index >= 15 is 0 Å². The molecule has 0 aliphatic rings. The smallest absolute Gasteiger partial charge is 0.227 e. The Kier molecular flexibility index (Phi) is 9.74. The molecular formula is C66H40N4O2. The Balaban J connectivity index is 0.902. The van der Waals surface area contributed by atoms with Crippen LogP contribution in [0.25, 0.3) is 145 Å². The first-order valence-corrected chi connectivity index (χ1v) is 24.1. The molecule has 11 aromatic carbocycles. The van der Waals surface area contributed by atoms with Gasteiger partial charge in [-0.05, 0) is 116 Å². The number of aromatic nitrogens is 4. The van der Waals surface area contributed by atoms with Gasteiger partial charge in [-0.3, -0.25) is 0 Å². The van der Waals surface area contributed by atoms with Crippen LogP contribution in [-0.4, -0.2) is 19.9 Å². The molecule has 0 radical (unpaired) electrons. The van der Waals surface area contributed by atoms with Crippen LogP contribution in [0.15, 0.2) is 251 Å². The fourth-order valence-corrected chi connectivity index (χ4v) is 9.96. The van der Waals surface area contributed by atoms with Crippen molar-refractivity contribution in [1.29, 1.82) is 0 Å². The van der Waals surface area contributed by atoms with Crippen molar-refractivity contribution in [2.24, 2.45) is 0 Å². The van der Waals surface area contributed by atoms with Crippen LogP contribution in [0.5, 0.6) is 0 Å². The fraction of sp³-hybridized carbons (Fsp3) is 0. The zero-order valence-electron chi connectivity index (χ0n) is 38.7. The Bertz CT molecular complexity index is 4010. The van der Waals surface area contributed by atoms with E-state index in [2.05, 4.69) is 194 Å². The quantitative estimate of drug-likeness (QED) is 0.151. The molecule has 14 rings (SSSR count). The normalized spacial score (nSPS) is 11.6. The van der Waals surface area contributed by atoms with Gasteiger partial charge in [0.1, 0.15) is 11.0 Å². The SMILES string of the molecule is c1ccc2cc(-c3ccc(-c4ccc5ccccc5c4)c4nc(-c5ccc(-c6ccc(-c7nc8ccccc8o7)cc6)cc5)c(-c5ccc(-c6ccc(-c7nc8ccccc8o7)cc6)cc5)nc34)ccc2c1. The molecule has 0 aliphatic heterocycles. The second kappa shape index (κ2) is 17.0. The molecule has 14 aromatic rings. The lowest BCUT2D eigenvalue weighted by molar-refractivity contribution is 0.619. The molecular weight excluding hydrogens is 881 g/mol. The van der Waals surface area contributed by atoms with Gasteiger partial charge in [0, 0.05) is 33.4 Å². The lowest BCUT2D eigenvalue weighted by Crippen LogP contribution is -1.99. The van der Waals surface area contributed by atoms with E-state index in [1.807, 2.05) is 48.5 Å². The van der Waals surface area contributed by atoms with Gasteiger partial charge >= 0.3 is 0 Å². The Hall–Kier alpha value is -9.78. The maximum atomic E-state index is 6.08. The first kappa shape index (κ1) is 41.2. The molecule has 0 saturated heterocycles. The molecule has 0 spiro atoms. The van der Waals surface area contributed by atoms with Gasteiger partial charge in [-0.15, -0.1) is 0 Å². The third-order valence-corrected chi connectivity index (χ3v) is 13.8. The zero-order chi connectivity index (χ0) is 47.5. The summed E-state index contributed by atoms with van der Waals surface area (Å²) < 4.78 is 12.2. The number of fused-ring (bicyclic) bond motifs is 5. The van der Waals surface area contributed by atoms with Gasteiger partial charge in [0.2, 0.25) is 11.8 Å². The summed E-state index contributed by atoms with van der Waals surface area (Å²) in [5.74, 6) is 1.21. The third kappa shape index (κ3) is 7.38. The van der Waals surface area contributed by atoms with E-state index in [1.54, 1.807) is 0 Å². The summed E-state index contributed by atoms with van der Waals surface area (Å²) in [6, 6.07) is 84.5. The van der Waals surface area contributed by atoms with Gasteiger partial charge in [-0.2, -0.15) is 0 Å². The third-order valence-electron chi connectivity index (χ3n) is 13.8. The lowest BCUT2D eigenvalue weighted by Gasteiger charge is -2.17. The monoisotopic (exact) mass is 920 g/mol. The van der Waals surface area contributed by atoms with E-state index in [9.17, 15) is 0 Å². The molecule has 6 nitrogen and oxygen atoms in total. The molecule has 72 heavy (non-hydrogen) atoms. The van der Waals surface area contributed by atoms with E-state index in [0.29, 0.717) is 11.8 Å². The first-order valence-electron chi connectivity index (χ1n) is 24.1. The molecule has 0 fully saturated rings. The van der Waals surface area contributed by atoms with Crippen molar-refractivity contribution >= 4 is 54.8 Å². The number of hydrogen-bond acceptors (Lipinski definition) is 6. The molecule has 0 aliphatic carbocycles. The Labute approximate surface area is 414 Å². The minimum atomic E-state index is 0.606. The molecule has 336 valence electrons. The van der Waals surface area contributed by atoms with Gasteiger partial charge in [-0.1, -0.05) is 182 Å². The van der Waals surface area contributed by atoms with Crippen molar-refractivity contribution in [2.75, 3.05) is 0 Å². The van der Waals surface area contributed by atoms with Crippen LogP contribution < -0.4 is 0 Å². The summed E-state index contributed by atoms with van der Waals surface area (Å²) in [6.45, 7) is 0. The highest BCUT2D eigenvalue weighted by Gasteiger charge is 2.21. The predicted molar refractivity (Wildman–Crippen MR) is 293 cm³/mol. The largest absolute Gasteiger partial charge is 0.436 e. The van der Waals surface area contributed by atoms with E-state index in [-0.39, 0.29) is 0 Å². The van der Waals surface area contributed by atoms with Crippen LogP contribution in [0.2, 0.25) is 0 Å². The maximum absolute atomic E-state index is 6.08. The van der Waals surface area contributed by atoms with Gasteiger partial charge in [0.05, 0.1) is 22.4 Å². The Morgan fingerprint density at radius 2 is 0.556 bits per heavy atom. The zero-order valence-corrected chi connectivity index (χ0v) is 38.7. The fourth-order valence-electron chi connectivity index (χ4n) is 9.96. The molecule has 6 heteroatoms. The summed E-state index contributed by atoms with van der Waals surface area (Å²) >= 11 is 0. The lowest BCUT2D eigenvalue weighted by atomic mass is 9.93. The molecule has 0 unspecified atom stereocenters. The molecule has 0 N–H and O–H groups in total. The molecule has 0 bridgehead atoms. The van der Waals surface area contributed by atoms with E-state index in [0.717, 1.165) is 111 Å². The number of para-hydroxylation sites is 4. The average molecular weight is 921 g/mol. The Morgan fingerprint density at radius 1 is 0.236 bits per heavy atom. The van der Waals surface area contributed by atoms with Gasteiger partial charge in [-0.25, -0.2) is 19.9 Å². The van der Waals surface area contributed by atoms with Crippen LogP contribution >= 0.6 is 0 Å². The van der Waals surface area contributed by atoms with E-state index in [1.165, 1.54) is 21.5 Å². The van der Waals surface area contributed by atoms with Crippen LogP contribution in [-0.2, 0) is 0 Å². The van der Waals surface area contributed by atoms with Gasteiger partial charge in [0.25, 0.3) is 0 Å². The number of rotatable bonds is 8. The topological polar surface area (TPSA) is 77.8 Å². The minimum absolute atomic E-state index is 0.606. The predicted octanol–water partition coefficient (Wildman–Crippen LogP) is 17.6. The average Bonchev–Trinajstić information content (AvgIpc) is 4.10. The molecule has 3 heterocycles. The highest BCUT2D eigenvalue weighted by molar-refractivity contribution is 6.05. The van der Waals surface area contributed by atoms with Crippen LogP contribution in [0.4, 0.5) is 0 Å². The van der Waals surface area contributed by atoms with Gasteiger partial charge in [0.15, 0.2) is 11.2 Å². The van der Waals surface area contributed by atoms with Crippen molar-refractivity contribution in [3.63, 3.8) is 0 Å². The van der Waals surface area contributed by atoms with Crippen LogP contribution in [0.3, 0.4) is 0 Å². The molecule has 0 atom stereocenters. The highest BCUT2D eigenvalue weighted by atomic mass is 16.4. The summed E-state index contributed by atoms with van der Waals surface area (Å²) in [4.78, 5) is 20.9. The molecule has 0 amide bonds. The highest BCUT2D eigenvalue weighted by Crippen LogP contribution is 2.41.